The molecule has 0 unspecified atom stereocenters. The minimum atomic E-state index is -0.822. The fourth-order valence-electron chi connectivity index (χ4n) is 3.66. The lowest BCUT2D eigenvalue weighted by Crippen LogP contribution is -2.14. The highest BCUT2D eigenvalue weighted by molar-refractivity contribution is 5.86. The molecule has 0 bridgehead atoms. The van der Waals surface area contributed by atoms with Gasteiger partial charge in [-0.3, -0.25) is 0 Å². The average molecular weight is 409 g/mol. The molecule has 4 heteroatoms. The summed E-state index contributed by atoms with van der Waals surface area (Å²) in [7, 11) is 0. The van der Waals surface area contributed by atoms with Crippen LogP contribution < -0.4 is 0 Å². The quantitative estimate of drug-likeness (QED) is 0.230. The Morgan fingerprint density at radius 3 is 1.76 bits per heavy atom. The van der Waals surface area contributed by atoms with E-state index < -0.39 is 11.9 Å². The van der Waals surface area contributed by atoms with Crippen molar-refractivity contribution >= 4 is 11.9 Å². The number of carboxylic acid groups (broad SMARTS) is 2. The molecule has 0 saturated heterocycles. The van der Waals surface area contributed by atoms with Crippen molar-refractivity contribution in [2.45, 2.75) is 117 Å². The smallest absolute Gasteiger partial charge is 0.331 e. The molecule has 0 aliphatic heterocycles. The third kappa shape index (κ3) is 16.0. The molecule has 1 rings (SSSR count). The highest BCUT2D eigenvalue weighted by atomic mass is 16.4. The van der Waals surface area contributed by atoms with Crippen LogP contribution in [0.3, 0.4) is 0 Å². The van der Waals surface area contributed by atoms with Crippen LogP contribution in [-0.2, 0) is 9.59 Å². The molecule has 168 valence electrons. The fourth-order valence-corrected chi connectivity index (χ4v) is 3.66. The Kier molecular flexibility index (Phi) is 17.4. The van der Waals surface area contributed by atoms with Gasteiger partial charge in [0, 0.05) is 11.1 Å². The van der Waals surface area contributed by atoms with Crippen LogP contribution in [0, 0.1) is 5.92 Å². The van der Waals surface area contributed by atoms with Gasteiger partial charge in [0.15, 0.2) is 0 Å². The van der Waals surface area contributed by atoms with Gasteiger partial charge in [-0.1, -0.05) is 96.6 Å². The van der Waals surface area contributed by atoms with Crippen LogP contribution in [0.25, 0.3) is 0 Å². The van der Waals surface area contributed by atoms with Gasteiger partial charge in [-0.05, 0) is 38.5 Å². The Morgan fingerprint density at radius 1 is 0.828 bits per heavy atom. The average Bonchev–Trinajstić information content (AvgIpc) is 2.72. The second-order valence-electron chi connectivity index (χ2n) is 8.33. The van der Waals surface area contributed by atoms with Crippen LogP contribution in [0.2, 0.25) is 0 Å². The largest absolute Gasteiger partial charge is 0.478 e. The van der Waals surface area contributed by atoms with Crippen LogP contribution in [0.5, 0.6) is 0 Å². The molecule has 0 aromatic heterocycles. The number of rotatable bonds is 14. The van der Waals surface area contributed by atoms with Crippen molar-refractivity contribution in [3.05, 3.63) is 23.8 Å². The maximum Gasteiger partial charge on any atom is 0.331 e. The second kappa shape index (κ2) is 18.4. The van der Waals surface area contributed by atoms with Crippen LogP contribution in [0.1, 0.15) is 117 Å². The lowest BCUT2D eigenvalue weighted by Gasteiger charge is -2.20. The Hall–Kier alpha value is -1.58. The molecule has 0 heterocycles. The molecule has 1 fully saturated rings. The van der Waals surface area contributed by atoms with Crippen LogP contribution in [0.15, 0.2) is 23.8 Å². The van der Waals surface area contributed by atoms with Crippen molar-refractivity contribution in [2.75, 3.05) is 0 Å². The highest BCUT2D eigenvalue weighted by Gasteiger charge is 2.20. The van der Waals surface area contributed by atoms with Crippen LogP contribution >= 0.6 is 0 Å². The number of carboxylic acids is 2. The van der Waals surface area contributed by atoms with Gasteiger partial charge in [0.25, 0.3) is 0 Å². The molecule has 29 heavy (non-hydrogen) atoms. The van der Waals surface area contributed by atoms with Gasteiger partial charge in [0.05, 0.1) is 0 Å². The zero-order valence-electron chi connectivity index (χ0n) is 18.9. The Balaban J connectivity index is 0.000000604. The normalized spacial score (nSPS) is 14.8. The van der Waals surface area contributed by atoms with Crippen molar-refractivity contribution in [3.63, 3.8) is 0 Å². The maximum absolute atomic E-state index is 10.5. The summed E-state index contributed by atoms with van der Waals surface area (Å²) in [6.45, 7) is 7.49. The monoisotopic (exact) mass is 408 g/mol. The van der Waals surface area contributed by atoms with Gasteiger partial charge in [-0.15, -0.1) is 0 Å². The van der Waals surface area contributed by atoms with E-state index in [1.165, 1.54) is 64.2 Å². The molecule has 1 saturated carbocycles. The number of unbranched alkanes of at least 4 members (excludes halogenated alkanes) is 10. The molecule has 0 atom stereocenters. The first-order valence-electron chi connectivity index (χ1n) is 11.7. The van der Waals surface area contributed by atoms with E-state index in [0.29, 0.717) is 11.1 Å². The van der Waals surface area contributed by atoms with Gasteiger partial charge >= 0.3 is 11.9 Å². The Bertz CT molecular complexity index is 487. The molecule has 0 aromatic carbocycles. The van der Waals surface area contributed by atoms with E-state index in [0.717, 1.165) is 38.5 Å². The molecule has 0 amide bonds. The van der Waals surface area contributed by atoms with Crippen molar-refractivity contribution in [1.29, 1.82) is 0 Å². The van der Waals surface area contributed by atoms with Gasteiger partial charge in [-0.2, -0.15) is 0 Å². The van der Waals surface area contributed by atoms with Gasteiger partial charge in [0.2, 0.25) is 0 Å². The van der Waals surface area contributed by atoms with Crippen LogP contribution in [0.4, 0.5) is 0 Å². The molecule has 4 nitrogen and oxygen atoms in total. The topological polar surface area (TPSA) is 74.6 Å². The molecule has 1 aliphatic rings. The molecule has 0 spiro atoms. The summed E-state index contributed by atoms with van der Waals surface area (Å²) in [5.41, 5.74) is 0.885. The first kappa shape index (κ1) is 27.4. The SMILES string of the molecule is C=C(C(=O)O)C1CCCCC1.CCCCCCCCCCCCC=C(C)C(=O)O. The Labute approximate surface area is 178 Å². The molecular weight excluding hydrogens is 364 g/mol. The molecule has 0 radical (unpaired) electrons. The molecule has 1 aliphatic carbocycles. The first-order valence-corrected chi connectivity index (χ1v) is 11.7. The minimum absolute atomic E-state index is 0.251. The number of aliphatic carboxylic acids is 2. The van der Waals surface area contributed by atoms with E-state index in [-0.39, 0.29) is 5.92 Å². The summed E-state index contributed by atoms with van der Waals surface area (Å²) in [5.74, 6) is -1.36. The predicted octanol–water partition coefficient (Wildman–Crippen LogP) is 7.54. The van der Waals surface area contributed by atoms with E-state index in [4.69, 9.17) is 10.2 Å². The van der Waals surface area contributed by atoms with E-state index in [1.54, 1.807) is 6.92 Å². The van der Waals surface area contributed by atoms with E-state index in [9.17, 15) is 9.59 Å². The minimum Gasteiger partial charge on any atom is -0.478 e. The van der Waals surface area contributed by atoms with Crippen molar-refractivity contribution < 1.29 is 19.8 Å². The Morgan fingerprint density at radius 2 is 1.31 bits per heavy atom. The van der Waals surface area contributed by atoms with Crippen molar-refractivity contribution in [2.24, 2.45) is 5.92 Å². The first-order chi connectivity index (χ1) is 13.9. The molecule has 2 N–H and O–H groups in total. The lowest BCUT2D eigenvalue weighted by atomic mass is 9.84. The summed E-state index contributed by atoms with van der Waals surface area (Å²) in [4.78, 5) is 21.0. The maximum atomic E-state index is 10.5. The van der Waals surface area contributed by atoms with Crippen molar-refractivity contribution in [3.8, 4) is 0 Å². The number of allylic oxidation sites excluding steroid dienone is 1. The summed E-state index contributed by atoms with van der Waals surface area (Å²) in [6, 6.07) is 0. The lowest BCUT2D eigenvalue weighted by molar-refractivity contribution is -0.134. The zero-order chi connectivity index (χ0) is 21.9. The number of hydrogen-bond acceptors (Lipinski definition) is 2. The third-order valence-electron chi connectivity index (χ3n) is 5.72. The summed E-state index contributed by atoms with van der Waals surface area (Å²) in [5, 5.41) is 17.3. The van der Waals surface area contributed by atoms with Gasteiger partial charge in [-0.25, -0.2) is 9.59 Å². The third-order valence-corrected chi connectivity index (χ3v) is 5.72. The van der Waals surface area contributed by atoms with Crippen LogP contribution in [-0.4, -0.2) is 22.2 Å². The number of hydrogen-bond donors (Lipinski definition) is 2. The summed E-state index contributed by atoms with van der Waals surface area (Å²) < 4.78 is 0. The van der Waals surface area contributed by atoms with E-state index >= 15 is 0 Å². The molecular formula is C25H44O4. The van der Waals surface area contributed by atoms with Crippen molar-refractivity contribution in [1.82, 2.24) is 0 Å². The van der Waals surface area contributed by atoms with Gasteiger partial charge < -0.3 is 10.2 Å². The zero-order valence-corrected chi connectivity index (χ0v) is 18.9. The molecule has 0 aromatic rings. The summed E-state index contributed by atoms with van der Waals surface area (Å²) in [6.07, 6.45) is 21.6. The summed E-state index contributed by atoms with van der Waals surface area (Å²) >= 11 is 0. The number of carbonyl (C=O) groups is 2. The second-order valence-corrected chi connectivity index (χ2v) is 8.33. The van der Waals surface area contributed by atoms with E-state index in [1.807, 2.05) is 6.08 Å². The van der Waals surface area contributed by atoms with Gasteiger partial charge in [0.1, 0.15) is 0 Å². The van der Waals surface area contributed by atoms with E-state index in [2.05, 4.69) is 13.5 Å². The predicted molar refractivity (Wildman–Crippen MR) is 121 cm³/mol. The highest BCUT2D eigenvalue weighted by Crippen LogP contribution is 2.28. The fraction of sp³-hybridized carbons (Fsp3) is 0.760. The standard InChI is InChI=1S/C16H30O2.C9H14O2/c1-3-4-5-6-7-8-9-10-11-12-13-14-15(2)16(17)18;1-7(9(10)11)8-5-3-2-4-6-8/h14H,3-13H2,1-2H3,(H,17,18);8H,1-6H2,(H,10,11).